The Balaban J connectivity index is 1.34. The molecule has 14 nitrogen and oxygen atoms in total. The van der Waals surface area contributed by atoms with E-state index in [9.17, 15) is 24.3 Å². The number of ether oxygens (including phenoxy) is 3. The summed E-state index contributed by atoms with van der Waals surface area (Å²) in [5.41, 5.74) is -1.63. The molecule has 50 heavy (non-hydrogen) atoms. The van der Waals surface area contributed by atoms with Crippen LogP contribution in [0.5, 0.6) is 11.5 Å². The van der Waals surface area contributed by atoms with Gasteiger partial charge in [-0.25, -0.2) is 19.6 Å². The van der Waals surface area contributed by atoms with Gasteiger partial charge in [0.25, 0.3) is 0 Å². The molecule has 0 radical (unpaired) electrons. The number of methoxy groups -OCH3 is 1. The Labute approximate surface area is 290 Å². The number of hydrogen-bond acceptors (Lipinski definition) is 9. The lowest BCUT2D eigenvalue weighted by Crippen LogP contribution is -2.56. The second-order valence-corrected chi connectivity index (χ2v) is 14.2. The average Bonchev–Trinajstić information content (AvgIpc) is 3.38. The van der Waals surface area contributed by atoms with Gasteiger partial charge in [0, 0.05) is 42.3 Å². The number of fused-ring (bicyclic) bond motifs is 3. The van der Waals surface area contributed by atoms with Crippen LogP contribution in [0, 0.1) is 5.92 Å². The third-order valence-electron chi connectivity index (χ3n) is 9.34. The molecule has 5 atom stereocenters. The molecule has 1 aliphatic carbocycles. The third-order valence-corrected chi connectivity index (χ3v) is 9.34. The van der Waals surface area contributed by atoms with Crippen molar-refractivity contribution in [1.29, 1.82) is 0 Å². The van der Waals surface area contributed by atoms with Gasteiger partial charge >= 0.3 is 12.1 Å². The van der Waals surface area contributed by atoms with E-state index in [-0.39, 0.29) is 25.3 Å². The van der Waals surface area contributed by atoms with Crippen LogP contribution in [-0.2, 0) is 19.1 Å². The van der Waals surface area contributed by atoms with Crippen molar-refractivity contribution >= 4 is 34.8 Å². The molecule has 14 heteroatoms. The van der Waals surface area contributed by atoms with Crippen molar-refractivity contribution in [2.45, 2.75) is 95.0 Å². The molecular weight excluding hydrogens is 644 g/mol. The summed E-state index contributed by atoms with van der Waals surface area (Å²) < 4.78 is 19.3. The molecule has 0 spiro atoms. The highest BCUT2D eigenvalue weighted by atomic mass is 16.6. The number of carbonyl (C=O) groups is 4. The predicted octanol–water partition coefficient (Wildman–Crippen LogP) is 4.15. The minimum atomic E-state index is -1.45. The van der Waals surface area contributed by atoms with E-state index in [1.165, 1.54) is 4.90 Å². The van der Waals surface area contributed by atoms with Crippen molar-refractivity contribution in [3.8, 4) is 17.3 Å². The Bertz CT molecular complexity index is 1790. The first-order valence-corrected chi connectivity index (χ1v) is 17.0. The number of pyridine rings is 1. The molecule has 3 amide bonds. The van der Waals surface area contributed by atoms with E-state index in [2.05, 4.69) is 15.6 Å². The zero-order valence-electron chi connectivity index (χ0n) is 28.8. The molecule has 4 heterocycles. The van der Waals surface area contributed by atoms with Gasteiger partial charge in [0.2, 0.25) is 11.8 Å². The smallest absolute Gasteiger partial charge is 0.408 e. The van der Waals surface area contributed by atoms with Gasteiger partial charge in [-0.15, -0.1) is 0 Å². The zero-order valence-corrected chi connectivity index (χ0v) is 28.8. The van der Waals surface area contributed by atoms with Gasteiger partial charge in [-0.1, -0.05) is 25.0 Å². The lowest BCUT2D eigenvalue weighted by atomic mass is 10.0. The molecule has 1 aromatic carbocycles. The number of aromatic nitrogens is 3. The second kappa shape index (κ2) is 14.0. The van der Waals surface area contributed by atoms with Crippen LogP contribution in [0.15, 0.2) is 55.1 Å². The summed E-state index contributed by atoms with van der Waals surface area (Å²) in [6, 6.07) is 5.16. The summed E-state index contributed by atoms with van der Waals surface area (Å²) in [6.45, 7) is 5.23. The lowest BCUT2D eigenvalue weighted by molar-refractivity contribution is -0.145. The number of nitrogens with zero attached hydrogens (tertiary/aromatic N) is 4. The highest BCUT2D eigenvalue weighted by Gasteiger charge is 2.61. The maximum Gasteiger partial charge on any atom is 0.408 e. The van der Waals surface area contributed by atoms with E-state index in [0.717, 1.165) is 19.3 Å². The molecule has 2 aromatic heterocycles. The highest BCUT2D eigenvalue weighted by molar-refractivity contribution is 5.96. The van der Waals surface area contributed by atoms with E-state index in [0.29, 0.717) is 41.1 Å². The maximum atomic E-state index is 14.4. The van der Waals surface area contributed by atoms with Gasteiger partial charge in [-0.3, -0.25) is 14.2 Å². The van der Waals surface area contributed by atoms with Gasteiger partial charge in [0.1, 0.15) is 53.0 Å². The Hall–Kier alpha value is -5.14. The topological polar surface area (TPSA) is 174 Å². The maximum absolute atomic E-state index is 14.4. The molecule has 1 unspecified atom stereocenters. The molecule has 1 saturated heterocycles. The number of hydrogen-bond donors (Lipinski definition) is 3. The molecule has 2 fully saturated rings. The van der Waals surface area contributed by atoms with Crippen LogP contribution in [0.2, 0.25) is 0 Å². The normalized spacial score (nSPS) is 26.4. The summed E-state index contributed by atoms with van der Waals surface area (Å²) in [4.78, 5) is 64.1. The molecule has 2 aliphatic heterocycles. The van der Waals surface area contributed by atoms with E-state index in [1.54, 1.807) is 69.4 Å². The Kier molecular flexibility index (Phi) is 9.72. The Morgan fingerprint density at radius 2 is 1.96 bits per heavy atom. The first-order chi connectivity index (χ1) is 23.9. The Morgan fingerprint density at radius 1 is 1.14 bits per heavy atom. The van der Waals surface area contributed by atoms with Crippen molar-refractivity contribution in [1.82, 2.24) is 30.1 Å². The van der Waals surface area contributed by atoms with E-state index < -0.39 is 53.2 Å². The van der Waals surface area contributed by atoms with E-state index in [4.69, 9.17) is 19.2 Å². The third kappa shape index (κ3) is 7.53. The number of carboxylic acid groups (broad SMARTS) is 1. The molecule has 3 N–H and O–H groups in total. The van der Waals surface area contributed by atoms with Crippen LogP contribution in [-0.4, -0.2) is 91.4 Å². The minimum absolute atomic E-state index is 0.0210. The number of aliphatic carboxylic acids is 1. The molecular formula is C36H44N6O8. The molecule has 266 valence electrons. The fourth-order valence-electron chi connectivity index (χ4n) is 6.69. The number of nitrogens with one attached hydrogen (secondary N) is 2. The van der Waals surface area contributed by atoms with Crippen molar-refractivity contribution in [3.05, 3.63) is 55.1 Å². The molecule has 3 aromatic rings. The zero-order chi connectivity index (χ0) is 35.6. The predicted molar refractivity (Wildman–Crippen MR) is 182 cm³/mol. The number of alkyl carbamates (subject to hydrolysis) is 1. The number of amides is 3. The first kappa shape index (κ1) is 34.7. The standard InChI is InChI=1S/C36H44N6O8/c1-35(2,3)50-34(47)39-26-11-9-7-5-6-8-10-22-19-36(22,33(45)46)40-31(43)28-17-24(20-42(28)32(26)44)49-29-18-30(41-15-14-37-21-41)38-27-16-23(48-4)12-13-25(27)29/h8,10,12-16,18,21-22,24,26,28H,5-7,9,11,17,19-20H2,1-4H3,(H,39,47)(H,40,43)(H,45,46)/b10-8-/t22?,24-,26+,28+,36-/m1/s1. The highest BCUT2D eigenvalue weighted by Crippen LogP contribution is 2.45. The second-order valence-electron chi connectivity index (χ2n) is 14.2. The van der Waals surface area contributed by atoms with Crippen molar-refractivity contribution < 1.29 is 38.5 Å². The van der Waals surface area contributed by atoms with Crippen LogP contribution in [0.4, 0.5) is 4.79 Å². The molecule has 1 saturated carbocycles. The number of benzene rings is 1. The fraction of sp³-hybridized carbons (Fsp3) is 0.500. The molecule has 3 aliphatic rings. The van der Waals surface area contributed by atoms with Crippen LogP contribution in [0.25, 0.3) is 16.7 Å². The van der Waals surface area contributed by atoms with Gasteiger partial charge in [0.05, 0.1) is 19.2 Å². The summed E-state index contributed by atoms with van der Waals surface area (Å²) in [6.07, 6.45) is 11.1. The van der Waals surface area contributed by atoms with E-state index >= 15 is 0 Å². The van der Waals surface area contributed by atoms with Crippen molar-refractivity contribution in [3.63, 3.8) is 0 Å². The summed E-state index contributed by atoms with van der Waals surface area (Å²) in [5.74, 6) is -0.902. The lowest BCUT2D eigenvalue weighted by Gasteiger charge is -2.30. The number of allylic oxidation sites excluding steroid dienone is 1. The Morgan fingerprint density at radius 3 is 2.68 bits per heavy atom. The number of imidazole rings is 1. The number of carbonyl (C=O) groups excluding carboxylic acids is 3. The monoisotopic (exact) mass is 688 g/mol. The SMILES string of the molecule is COc1ccc2c(O[C@@H]3C[C@H]4C(=O)N[C@]5(C(=O)O)CC5/C=C\CCCCC[C@H](NC(=O)OC(C)(C)C)C(=O)N4C3)cc(-n3ccnc3)nc2c1. The van der Waals surface area contributed by atoms with Crippen molar-refractivity contribution in [2.24, 2.45) is 5.92 Å². The summed E-state index contributed by atoms with van der Waals surface area (Å²) >= 11 is 0. The quantitative estimate of drug-likeness (QED) is 0.319. The summed E-state index contributed by atoms with van der Waals surface area (Å²) in [7, 11) is 1.57. The molecule has 0 bridgehead atoms. The van der Waals surface area contributed by atoms with Crippen LogP contribution < -0.4 is 20.1 Å². The van der Waals surface area contributed by atoms with Crippen LogP contribution in [0.3, 0.4) is 0 Å². The van der Waals surface area contributed by atoms with Crippen LogP contribution >= 0.6 is 0 Å². The van der Waals surface area contributed by atoms with Gasteiger partial charge in [-0.2, -0.15) is 0 Å². The average molecular weight is 689 g/mol. The van der Waals surface area contributed by atoms with Gasteiger partial charge < -0.3 is 34.9 Å². The molecule has 6 rings (SSSR count). The largest absolute Gasteiger partial charge is 0.497 e. The van der Waals surface area contributed by atoms with E-state index in [1.807, 2.05) is 18.2 Å². The van der Waals surface area contributed by atoms with Crippen molar-refractivity contribution in [2.75, 3.05) is 13.7 Å². The fourth-order valence-corrected chi connectivity index (χ4v) is 6.69. The number of carboxylic acids is 1. The van der Waals surface area contributed by atoms with Gasteiger partial charge in [0.15, 0.2) is 0 Å². The van der Waals surface area contributed by atoms with Gasteiger partial charge in [-0.05, 0) is 58.6 Å². The number of rotatable bonds is 6. The minimum Gasteiger partial charge on any atom is -0.497 e. The summed E-state index contributed by atoms with van der Waals surface area (Å²) in [5, 5.41) is 16.4. The van der Waals surface area contributed by atoms with Crippen LogP contribution in [0.1, 0.15) is 65.7 Å². The first-order valence-electron chi connectivity index (χ1n) is 17.0.